The normalized spacial score (nSPS) is 19.5. The van der Waals surface area contributed by atoms with Crippen LogP contribution in [-0.2, 0) is 0 Å². The van der Waals surface area contributed by atoms with Gasteiger partial charge in [0.15, 0.2) is 11.5 Å². The molecule has 0 bridgehead atoms. The highest BCUT2D eigenvalue weighted by atomic mass is 16.5. The number of ether oxygens (including phenoxy) is 3. The third-order valence-corrected chi connectivity index (χ3v) is 6.57. The number of piperidine rings is 1. The molecule has 2 aliphatic heterocycles. The third-order valence-electron chi connectivity index (χ3n) is 6.57. The standard InChI is InChI=1S/C25H33N3O4/c1-30-22-12-11-21(23(31-2)24(22)32-3)25(29)28-13-7-10-20(18-28)27-16-14-26(15-17-27)19-8-5-4-6-9-19/h4-6,8-9,11-12,20H,7,10,13-18H2,1-3H3/t20-/m0/s1. The van der Waals surface area contributed by atoms with Gasteiger partial charge in [0.2, 0.25) is 5.75 Å². The Hall–Kier alpha value is -2.93. The Labute approximate surface area is 190 Å². The van der Waals surface area contributed by atoms with Crippen LogP contribution in [0, 0.1) is 0 Å². The Morgan fingerprint density at radius 3 is 2.22 bits per heavy atom. The van der Waals surface area contributed by atoms with Gasteiger partial charge in [0.25, 0.3) is 5.91 Å². The third kappa shape index (κ3) is 4.48. The molecule has 32 heavy (non-hydrogen) atoms. The molecule has 2 heterocycles. The fourth-order valence-electron chi connectivity index (χ4n) is 4.86. The minimum Gasteiger partial charge on any atom is -0.493 e. The zero-order valence-corrected chi connectivity index (χ0v) is 19.3. The van der Waals surface area contributed by atoms with Crippen LogP contribution in [0.1, 0.15) is 23.2 Å². The fourth-order valence-corrected chi connectivity index (χ4v) is 4.86. The summed E-state index contributed by atoms with van der Waals surface area (Å²) >= 11 is 0. The smallest absolute Gasteiger partial charge is 0.257 e. The van der Waals surface area contributed by atoms with Crippen molar-refractivity contribution >= 4 is 11.6 Å². The summed E-state index contributed by atoms with van der Waals surface area (Å²) in [6.07, 6.45) is 2.13. The van der Waals surface area contributed by atoms with Gasteiger partial charge in [-0.05, 0) is 37.1 Å². The van der Waals surface area contributed by atoms with Crippen molar-refractivity contribution in [3.05, 3.63) is 48.0 Å². The van der Waals surface area contributed by atoms with E-state index in [1.807, 2.05) is 4.90 Å². The second kappa shape index (κ2) is 10.1. The molecule has 2 fully saturated rings. The average Bonchev–Trinajstić information content (AvgIpc) is 2.87. The summed E-state index contributed by atoms with van der Waals surface area (Å²) in [7, 11) is 4.69. The van der Waals surface area contributed by atoms with E-state index >= 15 is 0 Å². The lowest BCUT2D eigenvalue weighted by Gasteiger charge is -2.44. The quantitative estimate of drug-likeness (QED) is 0.689. The van der Waals surface area contributed by atoms with Crippen molar-refractivity contribution < 1.29 is 19.0 Å². The number of anilines is 1. The molecular formula is C25H33N3O4. The van der Waals surface area contributed by atoms with Crippen molar-refractivity contribution in [2.45, 2.75) is 18.9 Å². The molecule has 2 aromatic carbocycles. The van der Waals surface area contributed by atoms with Crippen molar-refractivity contribution in [2.24, 2.45) is 0 Å². The molecule has 2 saturated heterocycles. The minimum absolute atomic E-state index is 0.0181. The second-order valence-corrected chi connectivity index (χ2v) is 8.29. The number of para-hydroxylation sites is 1. The van der Waals surface area contributed by atoms with E-state index < -0.39 is 0 Å². The first-order chi connectivity index (χ1) is 15.7. The first kappa shape index (κ1) is 22.3. The van der Waals surface area contributed by atoms with Gasteiger partial charge in [0.1, 0.15) is 0 Å². The van der Waals surface area contributed by atoms with Gasteiger partial charge in [0.05, 0.1) is 26.9 Å². The second-order valence-electron chi connectivity index (χ2n) is 8.29. The zero-order valence-electron chi connectivity index (χ0n) is 19.3. The van der Waals surface area contributed by atoms with Gasteiger partial charge in [-0.3, -0.25) is 9.69 Å². The molecule has 172 valence electrons. The highest BCUT2D eigenvalue weighted by Gasteiger charge is 2.32. The lowest BCUT2D eigenvalue weighted by Crippen LogP contribution is -2.55. The van der Waals surface area contributed by atoms with Gasteiger partial charge in [-0.2, -0.15) is 0 Å². The summed E-state index contributed by atoms with van der Waals surface area (Å²) in [6, 6.07) is 14.5. The maximum atomic E-state index is 13.4. The summed E-state index contributed by atoms with van der Waals surface area (Å²) in [4.78, 5) is 20.4. The molecule has 0 N–H and O–H groups in total. The van der Waals surface area contributed by atoms with Crippen LogP contribution in [0.4, 0.5) is 5.69 Å². The van der Waals surface area contributed by atoms with E-state index in [2.05, 4.69) is 40.1 Å². The number of methoxy groups -OCH3 is 3. The largest absolute Gasteiger partial charge is 0.493 e. The predicted molar refractivity (Wildman–Crippen MR) is 125 cm³/mol. The monoisotopic (exact) mass is 439 g/mol. The highest BCUT2D eigenvalue weighted by molar-refractivity contribution is 5.98. The van der Waals surface area contributed by atoms with Gasteiger partial charge in [-0.25, -0.2) is 0 Å². The van der Waals surface area contributed by atoms with Crippen LogP contribution in [0.25, 0.3) is 0 Å². The van der Waals surface area contributed by atoms with E-state index in [4.69, 9.17) is 14.2 Å². The lowest BCUT2D eigenvalue weighted by molar-refractivity contribution is 0.0560. The van der Waals surface area contributed by atoms with Gasteiger partial charge in [-0.1, -0.05) is 18.2 Å². The van der Waals surface area contributed by atoms with Crippen LogP contribution in [0.3, 0.4) is 0 Å². The highest BCUT2D eigenvalue weighted by Crippen LogP contribution is 2.40. The minimum atomic E-state index is -0.0181. The molecule has 2 aromatic rings. The Morgan fingerprint density at radius 1 is 0.844 bits per heavy atom. The number of benzene rings is 2. The zero-order chi connectivity index (χ0) is 22.5. The molecule has 0 spiro atoms. The number of hydrogen-bond acceptors (Lipinski definition) is 6. The number of carbonyl (C=O) groups is 1. The topological polar surface area (TPSA) is 54.5 Å². The van der Waals surface area contributed by atoms with Gasteiger partial charge >= 0.3 is 0 Å². The first-order valence-electron chi connectivity index (χ1n) is 11.3. The summed E-state index contributed by atoms with van der Waals surface area (Å²) in [5, 5.41) is 0. The Kier molecular flexibility index (Phi) is 7.05. The number of amides is 1. The van der Waals surface area contributed by atoms with E-state index in [0.29, 0.717) is 28.9 Å². The van der Waals surface area contributed by atoms with Crippen molar-refractivity contribution in [3.63, 3.8) is 0 Å². The number of nitrogens with zero attached hydrogens (tertiary/aromatic N) is 3. The summed E-state index contributed by atoms with van der Waals surface area (Å²) < 4.78 is 16.4. The van der Waals surface area contributed by atoms with Gasteiger partial charge < -0.3 is 24.0 Å². The van der Waals surface area contributed by atoms with E-state index in [9.17, 15) is 4.79 Å². The van der Waals surface area contributed by atoms with E-state index in [0.717, 1.165) is 52.1 Å². The van der Waals surface area contributed by atoms with Crippen LogP contribution in [-0.4, -0.2) is 82.3 Å². The average molecular weight is 440 g/mol. The van der Waals surface area contributed by atoms with Crippen molar-refractivity contribution in [2.75, 3.05) is 65.5 Å². The van der Waals surface area contributed by atoms with Crippen LogP contribution in [0.2, 0.25) is 0 Å². The van der Waals surface area contributed by atoms with E-state index in [-0.39, 0.29) is 5.91 Å². The van der Waals surface area contributed by atoms with Gasteiger partial charge in [-0.15, -0.1) is 0 Å². The van der Waals surface area contributed by atoms with Crippen LogP contribution < -0.4 is 19.1 Å². The molecule has 0 saturated carbocycles. The molecule has 1 amide bonds. The molecular weight excluding hydrogens is 406 g/mol. The number of hydrogen-bond donors (Lipinski definition) is 0. The number of piperazine rings is 1. The Bertz CT molecular complexity index is 913. The van der Waals surface area contributed by atoms with Crippen molar-refractivity contribution in [1.82, 2.24) is 9.80 Å². The number of likely N-dealkylation sites (tertiary alicyclic amines) is 1. The van der Waals surface area contributed by atoms with Crippen LogP contribution in [0.5, 0.6) is 17.2 Å². The Balaban J connectivity index is 1.43. The maximum Gasteiger partial charge on any atom is 0.257 e. The molecule has 0 radical (unpaired) electrons. The molecule has 0 unspecified atom stereocenters. The summed E-state index contributed by atoms with van der Waals surface area (Å²) in [6.45, 7) is 5.55. The van der Waals surface area contributed by atoms with E-state index in [1.165, 1.54) is 5.69 Å². The summed E-state index contributed by atoms with van der Waals surface area (Å²) in [5.41, 5.74) is 1.80. The Morgan fingerprint density at radius 2 is 1.56 bits per heavy atom. The molecule has 1 atom stereocenters. The molecule has 7 nitrogen and oxygen atoms in total. The SMILES string of the molecule is COc1ccc(C(=O)N2CCC[C@H](N3CCN(c4ccccc4)CC3)C2)c(OC)c1OC. The maximum absolute atomic E-state index is 13.4. The summed E-state index contributed by atoms with van der Waals surface area (Å²) in [5.74, 6) is 1.41. The van der Waals surface area contributed by atoms with Crippen LogP contribution in [0.15, 0.2) is 42.5 Å². The molecule has 0 aromatic heterocycles. The van der Waals surface area contributed by atoms with Crippen molar-refractivity contribution in [1.29, 1.82) is 0 Å². The first-order valence-corrected chi connectivity index (χ1v) is 11.3. The van der Waals surface area contributed by atoms with Crippen molar-refractivity contribution in [3.8, 4) is 17.2 Å². The fraction of sp³-hybridized carbons (Fsp3) is 0.480. The number of rotatable bonds is 6. The molecule has 2 aliphatic rings. The molecule has 7 heteroatoms. The lowest BCUT2D eigenvalue weighted by atomic mass is 10.0. The van der Waals surface area contributed by atoms with E-state index in [1.54, 1.807) is 33.5 Å². The van der Waals surface area contributed by atoms with Crippen LogP contribution >= 0.6 is 0 Å². The molecule has 0 aliphatic carbocycles. The van der Waals surface area contributed by atoms with Gasteiger partial charge in [0, 0.05) is 51.0 Å². The molecule has 4 rings (SSSR count). The predicted octanol–water partition coefficient (Wildman–Crippen LogP) is 3.14. The number of carbonyl (C=O) groups excluding carboxylic acids is 1.